The van der Waals surface area contributed by atoms with E-state index in [1.54, 1.807) is 11.8 Å². The molecule has 0 radical (unpaired) electrons. The van der Waals surface area contributed by atoms with E-state index in [4.69, 9.17) is 9.39 Å². The second kappa shape index (κ2) is 14.9. The quantitative estimate of drug-likeness (QED) is 0.105. The molecule has 10 nitrogen and oxygen atoms in total. The van der Waals surface area contributed by atoms with Crippen LogP contribution in [0.5, 0.6) is 0 Å². The van der Waals surface area contributed by atoms with E-state index >= 15 is 0 Å². The van der Waals surface area contributed by atoms with Crippen LogP contribution >= 0.6 is 11.8 Å². The van der Waals surface area contributed by atoms with Gasteiger partial charge in [0.25, 0.3) is 21.9 Å². The first-order valence-electron chi connectivity index (χ1n) is 15.1. The molecule has 1 fully saturated rings. The lowest BCUT2D eigenvalue weighted by Crippen LogP contribution is -2.34. The molecular formula is C33H36N3O7S2+. The summed E-state index contributed by atoms with van der Waals surface area (Å²) in [6, 6.07) is 18.4. The van der Waals surface area contributed by atoms with Gasteiger partial charge in [-0.3, -0.25) is 14.1 Å². The smallest absolute Gasteiger partial charge is 0.333 e. The van der Waals surface area contributed by atoms with E-state index in [1.807, 2.05) is 30.3 Å². The van der Waals surface area contributed by atoms with Gasteiger partial charge in [0.15, 0.2) is 6.20 Å². The molecule has 236 valence electrons. The number of rotatable bonds is 14. The maximum Gasteiger partial charge on any atom is 0.333 e. The summed E-state index contributed by atoms with van der Waals surface area (Å²) in [4.78, 5) is 43.6. The van der Waals surface area contributed by atoms with Crippen molar-refractivity contribution in [2.24, 2.45) is 0 Å². The van der Waals surface area contributed by atoms with Crippen LogP contribution in [0.2, 0.25) is 0 Å². The number of allylic oxidation sites excluding steroid dienone is 2. The molecule has 0 spiro atoms. The van der Waals surface area contributed by atoms with Crippen LogP contribution in [0.1, 0.15) is 56.9 Å². The Balaban J connectivity index is 1.19. The fourth-order valence-electron chi connectivity index (χ4n) is 5.38. The Bertz CT molecular complexity index is 1740. The van der Waals surface area contributed by atoms with Crippen LogP contribution in [0.4, 0.5) is 5.69 Å². The molecule has 2 aliphatic heterocycles. The van der Waals surface area contributed by atoms with Gasteiger partial charge in [0, 0.05) is 49.3 Å². The molecule has 3 heterocycles. The lowest BCUT2D eigenvalue weighted by molar-refractivity contribution is -0.671. The van der Waals surface area contributed by atoms with Gasteiger partial charge in [-0.1, -0.05) is 48.2 Å². The molecule has 5 rings (SSSR count). The Morgan fingerprint density at radius 3 is 2.51 bits per heavy atom. The third-order valence-electron chi connectivity index (χ3n) is 7.62. The number of carbonyl (C=O) groups is 3. The van der Waals surface area contributed by atoms with Crippen LogP contribution in [-0.2, 0) is 35.9 Å². The van der Waals surface area contributed by atoms with E-state index < -0.39 is 27.9 Å². The second-order valence-corrected chi connectivity index (χ2v) is 13.6. The van der Waals surface area contributed by atoms with Gasteiger partial charge < -0.3 is 9.74 Å². The largest absolute Gasteiger partial charge is 0.335 e. The van der Waals surface area contributed by atoms with Crippen LogP contribution in [0.25, 0.3) is 17.0 Å². The fourth-order valence-corrected chi connectivity index (χ4v) is 7.05. The Kier molecular flexibility index (Phi) is 10.7. The highest BCUT2D eigenvalue weighted by Gasteiger charge is 2.32. The van der Waals surface area contributed by atoms with Gasteiger partial charge in [0.05, 0.1) is 21.9 Å². The van der Waals surface area contributed by atoms with Crippen LogP contribution < -0.4 is 9.47 Å². The molecule has 0 aliphatic carbocycles. The van der Waals surface area contributed by atoms with E-state index in [0.29, 0.717) is 30.9 Å². The zero-order valence-corrected chi connectivity index (χ0v) is 26.5. The van der Waals surface area contributed by atoms with E-state index in [-0.39, 0.29) is 25.0 Å². The summed E-state index contributed by atoms with van der Waals surface area (Å²) >= 11 is 1.67. The van der Waals surface area contributed by atoms with Crippen molar-refractivity contribution in [1.82, 2.24) is 5.06 Å². The molecule has 1 N–H and O–H groups in total. The van der Waals surface area contributed by atoms with Crippen molar-refractivity contribution in [2.45, 2.75) is 62.8 Å². The van der Waals surface area contributed by atoms with Gasteiger partial charge in [0.1, 0.15) is 6.54 Å². The minimum Gasteiger partial charge on any atom is -0.335 e. The zero-order valence-electron chi connectivity index (χ0n) is 24.8. The van der Waals surface area contributed by atoms with Gasteiger partial charge >= 0.3 is 5.97 Å². The summed E-state index contributed by atoms with van der Waals surface area (Å²) in [5.41, 5.74) is 3.27. The number of unbranched alkanes of at least 4 members (excludes halogenated alkanes) is 3. The third kappa shape index (κ3) is 8.59. The number of para-hydroxylation sites is 2. The Hall–Kier alpha value is -4.00. The number of carbonyl (C=O) groups excluding carboxylic acids is 3. The molecule has 0 atom stereocenters. The number of hydroxylamine groups is 2. The van der Waals surface area contributed by atoms with Gasteiger partial charge in [-0.05, 0) is 55.5 Å². The highest BCUT2D eigenvalue weighted by molar-refractivity contribution is 8.03. The van der Waals surface area contributed by atoms with Crippen LogP contribution in [0.3, 0.4) is 0 Å². The highest BCUT2D eigenvalue weighted by Crippen LogP contribution is 2.45. The standard InChI is InChI=1S/C33H35N3O7S2/c37-30-18-19-31(38)36(30)43-33(39)17-2-1-7-21-34-23-20-25(26-12-3-4-13-27(26)34)11-10-16-32-35(22-8-9-24-45(40,41)42)28-14-5-6-15-29(28)44-32/h3-6,10-16,20,23H,1-2,7-9,17-19,21-22,24H2/p+1. The van der Waals surface area contributed by atoms with Crippen molar-refractivity contribution in [1.29, 1.82) is 0 Å². The molecule has 2 amide bonds. The van der Waals surface area contributed by atoms with Gasteiger partial charge in [-0.25, -0.2) is 4.79 Å². The normalized spacial score (nSPS) is 16.0. The molecule has 1 saturated heterocycles. The monoisotopic (exact) mass is 650 g/mol. The van der Waals surface area contributed by atoms with Crippen molar-refractivity contribution in [3.63, 3.8) is 0 Å². The number of thioether (sulfide) groups is 1. The maximum absolute atomic E-state index is 12.1. The summed E-state index contributed by atoms with van der Waals surface area (Å²) in [6.07, 6.45) is 11.8. The van der Waals surface area contributed by atoms with Crippen molar-refractivity contribution in [3.05, 3.63) is 83.5 Å². The first-order chi connectivity index (χ1) is 21.7. The predicted molar refractivity (Wildman–Crippen MR) is 172 cm³/mol. The molecule has 3 aromatic rings. The summed E-state index contributed by atoms with van der Waals surface area (Å²) in [5.74, 6) is -1.75. The molecule has 2 aliphatic rings. The van der Waals surface area contributed by atoms with E-state index in [9.17, 15) is 22.8 Å². The summed E-state index contributed by atoms with van der Waals surface area (Å²) < 4.78 is 33.5. The molecule has 45 heavy (non-hydrogen) atoms. The third-order valence-corrected chi connectivity index (χ3v) is 9.56. The Labute approximate surface area is 267 Å². The summed E-state index contributed by atoms with van der Waals surface area (Å²) in [6.45, 7) is 1.42. The molecule has 0 saturated carbocycles. The topological polar surface area (TPSA) is 125 Å². The SMILES string of the molecule is O=C(CCCCC[n+]1ccc(/C=C/C=C2/Sc3ccccc3N2CCCCS(=O)(=O)O)c2ccccc21)ON1C(=O)CCC1=O. The van der Waals surface area contributed by atoms with Crippen molar-refractivity contribution < 1.29 is 36.8 Å². The number of fused-ring (bicyclic) bond motifs is 2. The van der Waals surface area contributed by atoms with Gasteiger partial charge in [-0.15, -0.1) is 5.06 Å². The van der Waals surface area contributed by atoms with Crippen LogP contribution in [-0.4, -0.2) is 48.1 Å². The molecule has 0 unspecified atom stereocenters. The van der Waals surface area contributed by atoms with Crippen LogP contribution in [0, 0.1) is 0 Å². The average molecular weight is 651 g/mol. The molecular weight excluding hydrogens is 615 g/mol. The van der Waals surface area contributed by atoms with Crippen molar-refractivity contribution in [3.8, 4) is 0 Å². The molecule has 12 heteroatoms. The zero-order chi connectivity index (χ0) is 31.8. The highest BCUT2D eigenvalue weighted by atomic mass is 32.2. The Morgan fingerprint density at radius 2 is 1.71 bits per heavy atom. The van der Waals surface area contributed by atoms with Crippen molar-refractivity contribution >= 4 is 62.3 Å². The molecule has 0 bridgehead atoms. The number of aromatic nitrogens is 1. The summed E-state index contributed by atoms with van der Waals surface area (Å²) in [5, 5.41) is 2.76. The van der Waals surface area contributed by atoms with Crippen LogP contribution in [0.15, 0.2) is 82.9 Å². The minimum atomic E-state index is -3.97. The number of benzene rings is 2. The number of hydrogen-bond acceptors (Lipinski definition) is 8. The minimum absolute atomic E-state index is 0.0834. The average Bonchev–Trinajstić information content (AvgIpc) is 3.53. The number of imide groups is 1. The van der Waals surface area contributed by atoms with Gasteiger partial charge in [0.2, 0.25) is 5.52 Å². The molecule has 2 aromatic carbocycles. The number of amides is 2. The number of anilines is 1. The number of aryl methyl sites for hydroxylation is 1. The number of nitrogens with zero attached hydrogens (tertiary/aromatic N) is 3. The number of hydrogen-bond donors (Lipinski definition) is 1. The fraction of sp³-hybridized carbons (Fsp3) is 0.333. The second-order valence-electron chi connectivity index (χ2n) is 10.9. The Morgan fingerprint density at radius 1 is 0.956 bits per heavy atom. The van der Waals surface area contributed by atoms with E-state index in [2.05, 4.69) is 58.1 Å². The lowest BCUT2D eigenvalue weighted by Gasteiger charge is -2.20. The first-order valence-corrected chi connectivity index (χ1v) is 17.5. The predicted octanol–water partition coefficient (Wildman–Crippen LogP) is 5.43. The summed E-state index contributed by atoms with van der Waals surface area (Å²) in [7, 11) is -3.97. The van der Waals surface area contributed by atoms with Gasteiger partial charge in [-0.2, -0.15) is 13.0 Å². The maximum atomic E-state index is 12.1. The number of pyridine rings is 1. The first kappa shape index (κ1) is 32.4. The van der Waals surface area contributed by atoms with Crippen molar-refractivity contribution in [2.75, 3.05) is 17.2 Å². The lowest BCUT2D eigenvalue weighted by atomic mass is 10.1. The molecule has 1 aromatic heterocycles. The van der Waals surface area contributed by atoms with E-state index in [1.165, 1.54) is 0 Å². The van der Waals surface area contributed by atoms with E-state index in [0.717, 1.165) is 51.5 Å².